The second-order valence-corrected chi connectivity index (χ2v) is 4.67. The van der Waals surface area contributed by atoms with Gasteiger partial charge in [0.25, 0.3) is 0 Å². The van der Waals surface area contributed by atoms with Gasteiger partial charge in [-0.25, -0.2) is 9.78 Å². The Morgan fingerprint density at radius 3 is 2.71 bits per heavy atom. The van der Waals surface area contributed by atoms with E-state index in [4.69, 9.17) is 0 Å². The number of amides is 1. The van der Waals surface area contributed by atoms with Crippen LogP contribution in [0.3, 0.4) is 0 Å². The molecule has 1 atom stereocenters. The third kappa shape index (κ3) is 4.54. The molecule has 0 aliphatic carbocycles. The second-order valence-electron chi connectivity index (χ2n) is 4.67. The Balaban J connectivity index is 1.94. The van der Waals surface area contributed by atoms with Crippen LogP contribution < -0.4 is 11.0 Å². The van der Waals surface area contributed by atoms with Crippen molar-refractivity contribution >= 4 is 5.91 Å². The van der Waals surface area contributed by atoms with E-state index < -0.39 is 5.69 Å². The lowest BCUT2D eigenvalue weighted by Crippen LogP contribution is -2.42. The fraction of sp³-hybridized carbons (Fsp3) is 0.267. The first kappa shape index (κ1) is 14.9. The molecule has 0 aliphatic heterocycles. The predicted molar refractivity (Wildman–Crippen MR) is 77.7 cm³/mol. The minimum absolute atomic E-state index is 0.113. The minimum Gasteiger partial charge on any atom is -0.394 e. The van der Waals surface area contributed by atoms with Crippen LogP contribution in [0.5, 0.6) is 0 Å². The molecule has 0 radical (unpaired) electrons. The summed E-state index contributed by atoms with van der Waals surface area (Å²) in [4.78, 5) is 26.9. The Labute approximate surface area is 122 Å². The standard InChI is InChI=1S/C15H17N3O3/c19-11-13(9-12-5-2-1-3-6-12)17-14(20)10-18-8-4-7-16-15(18)21/h1-8,13,19H,9-11H2,(H,17,20)/t13-/m1/s1. The van der Waals surface area contributed by atoms with Gasteiger partial charge in [0, 0.05) is 12.4 Å². The highest BCUT2D eigenvalue weighted by Crippen LogP contribution is 2.02. The van der Waals surface area contributed by atoms with E-state index in [0.29, 0.717) is 6.42 Å². The van der Waals surface area contributed by atoms with Crippen LogP contribution in [0.1, 0.15) is 5.56 Å². The molecule has 2 aromatic rings. The van der Waals surface area contributed by atoms with Gasteiger partial charge in [0.2, 0.25) is 5.91 Å². The van der Waals surface area contributed by atoms with Gasteiger partial charge in [-0.2, -0.15) is 0 Å². The Morgan fingerprint density at radius 2 is 2.05 bits per heavy atom. The molecule has 0 unspecified atom stereocenters. The summed E-state index contributed by atoms with van der Waals surface area (Å²) < 4.78 is 1.21. The Bertz CT molecular complexity index is 640. The molecule has 1 aromatic carbocycles. The Kier molecular flexibility index (Phi) is 5.22. The summed E-state index contributed by atoms with van der Waals surface area (Å²) in [6.07, 6.45) is 3.41. The van der Waals surface area contributed by atoms with Gasteiger partial charge in [-0.3, -0.25) is 9.36 Å². The van der Waals surface area contributed by atoms with E-state index in [1.165, 1.54) is 17.0 Å². The van der Waals surface area contributed by atoms with Gasteiger partial charge in [-0.15, -0.1) is 0 Å². The van der Waals surface area contributed by atoms with E-state index >= 15 is 0 Å². The van der Waals surface area contributed by atoms with Gasteiger partial charge in [-0.1, -0.05) is 30.3 Å². The van der Waals surface area contributed by atoms with Crippen molar-refractivity contribution in [1.29, 1.82) is 0 Å². The van der Waals surface area contributed by atoms with Crippen molar-refractivity contribution < 1.29 is 9.90 Å². The van der Waals surface area contributed by atoms with E-state index in [-0.39, 0.29) is 25.1 Å². The zero-order valence-corrected chi connectivity index (χ0v) is 11.5. The molecule has 0 aliphatic rings. The monoisotopic (exact) mass is 287 g/mol. The molecule has 0 spiro atoms. The molecule has 1 heterocycles. The zero-order valence-electron chi connectivity index (χ0n) is 11.5. The van der Waals surface area contributed by atoms with Crippen LogP contribution >= 0.6 is 0 Å². The van der Waals surface area contributed by atoms with Gasteiger partial charge in [0.05, 0.1) is 12.6 Å². The molecule has 21 heavy (non-hydrogen) atoms. The van der Waals surface area contributed by atoms with Crippen LogP contribution in [0.25, 0.3) is 0 Å². The van der Waals surface area contributed by atoms with E-state index in [1.54, 1.807) is 6.07 Å². The minimum atomic E-state index is -0.476. The number of aromatic nitrogens is 2. The predicted octanol–water partition coefficient (Wildman–Crippen LogP) is -0.0369. The molecule has 6 heteroatoms. The summed E-state index contributed by atoms with van der Waals surface area (Å²) in [5, 5.41) is 12.1. The summed E-state index contributed by atoms with van der Waals surface area (Å²) in [5.41, 5.74) is 0.548. The molecule has 0 saturated carbocycles. The first-order valence-corrected chi connectivity index (χ1v) is 6.64. The topological polar surface area (TPSA) is 84.2 Å². The lowest BCUT2D eigenvalue weighted by atomic mass is 10.1. The average molecular weight is 287 g/mol. The number of hydrogen-bond acceptors (Lipinski definition) is 4. The number of rotatable bonds is 6. The number of benzene rings is 1. The molecule has 0 saturated heterocycles. The highest BCUT2D eigenvalue weighted by Gasteiger charge is 2.12. The lowest BCUT2D eigenvalue weighted by molar-refractivity contribution is -0.122. The first-order valence-electron chi connectivity index (χ1n) is 6.64. The lowest BCUT2D eigenvalue weighted by Gasteiger charge is -2.16. The average Bonchev–Trinajstić information content (AvgIpc) is 2.50. The van der Waals surface area contributed by atoms with Crippen LogP contribution in [0, 0.1) is 0 Å². The first-order chi connectivity index (χ1) is 10.2. The van der Waals surface area contributed by atoms with Crippen LogP contribution in [0.15, 0.2) is 53.6 Å². The van der Waals surface area contributed by atoms with Gasteiger partial charge in [-0.05, 0) is 18.1 Å². The highest BCUT2D eigenvalue weighted by molar-refractivity contribution is 5.76. The summed E-state index contributed by atoms with van der Waals surface area (Å²) in [5.74, 6) is -0.333. The number of hydrogen-bond donors (Lipinski definition) is 2. The maximum atomic E-state index is 11.9. The molecule has 1 amide bonds. The highest BCUT2D eigenvalue weighted by atomic mass is 16.3. The quantitative estimate of drug-likeness (QED) is 0.781. The number of nitrogens with zero attached hydrogens (tertiary/aromatic N) is 2. The molecule has 6 nitrogen and oxygen atoms in total. The summed E-state index contributed by atoms with van der Waals surface area (Å²) >= 11 is 0. The van der Waals surface area contributed by atoms with Crippen LogP contribution in [0.2, 0.25) is 0 Å². The maximum absolute atomic E-state index is 11.9. The van der Waals surface area contributed by atoms with Crippen LogP contribution in [-0.4, -0.2) is 33.2 Å². The number of carbonyl (C=O) groups is 1. The second kappa shape index (κ2) is 7.35. The molecule has 2 rings (SSSR count). The van der Waals surface area contributed by atoms with Crippen molar-refractivity contribution in [2.75, 3.05) is 6.61 Å². The van der Waals surface area contributed by atoms with Crippen molar-refractivity contribution in [2.45, 2.75) is 19.0 Å². The third-order valence-corrected chi connectivity index (χ3v) is 3.01. The van der Waals surface area contributed by atoms with Gasteiger partial charge < -0.3 is 10.4 Å². The summed E-state index contributed by atoms with van der Waals surface area (Å²) in [7, 11) is 0. The van der Waals surface area contributed by atoms with Crippen LogP contribution in [0.4, 0.5) is 0 Å². The number of carbonyl (C=O) groups excluding carboxylic acids is 1. The van der Waals surface area contributed by atoms with Crippen molar-refractivity contribution in [3.05, 3.63) is 64.8 Å². The Morgan fingerprint density at radius 1 is 1.29 bits per heavy atom. The largest absolute Gasteiger partial charge is 0.394 e. The van der Waals surface area contributed by atoms with Crippen molar-refractivity contribution in [2.24, 2.45) is 0 Å². The zero-order chi connectivity index (χ0) is 15.1. The Hall–Kier alpha value is -2.47. The van der Waals surface area contributed by atoms with E-state index in [1.807, 2.05) is 30.3 Å². The summed E-state index contributed by atoms with van der Waals surface area (Å²) in [6, 6.07) is 10.8. The smallest absolute Gasteiger partial charge is 0.347 e. The molecule has 2 N–H and O–H groups in total. The van der Waals surface area contributed by atoms with Crippen molar-refractivity contribution in [3.63, 3.8) is 0 Å². The van der Waals surface area contributed by atoms with Gasteiger partial charge >= 0.3 is 5.69 Å². The molecule has 1 aromatic heterocycles. The fourth-order valence-corrected chi connectivity index (χ4v) is 2.00. The number of aliphatic hydroxyl groups is 1. The summed E-state index contributed by atoms with van der Waals surface area (Å²) in [6.45, 7) is -0.277. The fourth-order valence-electron chi connectivity index (χ4n) is 2.00. The number of nitrogens with one attached hydrogen (secondary N) is 1. The van der Waals surface area contributed by atoms with E-state index in [2.05, 4.69) is 10.3 Å². The van der Waals surface area contributed by atoms with Crippen LogP contribution in [-0.2, 0) is 17.8 Å². The van der Waals surface area contributed by atoms with Gasteiger partial charge in [0.15, 0.2) is 0 Å². The van der Waals surface area contributed by atoms with E-state index in [0.717, 1.165) is 5.56 Å². The molecule has 0 bridgehead atoms. The molecular weight excluding hydrogens is 270 g/mol. The van der Waals surface area contributed by atoms with E-state index in [9.17, 15) is 14.7 Å². The van der Waals surface area contributed by atoms with Gasteiger partial charge in [0.1, 0.15) is 6.54 Å². The molecular formula is C15H17N3O3. The maximum Gasteiger partial charge on any atom is 0.347 e. The molecule has 0 fully saturated rings. The van der Waals surface area contributed by atoms with Crippen molar-refractivity contribution in [3.8, 4) is 0 Å². The normalized spacial score (nSPS) is 11.9. The third-order valence-electron chi connectivity index (χ3n) is 3.01. The SMILES string of the molecule is O=C(Cn1cccnc1=O)N[C@@H](CO)Cc1ccccc1. The van der Waals surface area contributed by atoms with Crippen molar-refractivity contribution in [1.82, 2.24) is 14.9 Å². The molecule has 110 valence electrons. The number of aliphatic hydroxyl groups excluding tert-OH is 1.